The summed E-state index contributed by atoms with van der Waals surface area (Å²) in [5.74, 6) is -3.57. The third kappa shape index (κ3) is 11.1. The fraction of sp³-hybridized carbons (Fsp3) is 0.542. The summed E-state index contributed by atoms with van der Waals surface area (Å²) in [4.78, 5) is 31.0. The van der Waals surface area contributed by atoms with Crippen LogP contribution in [0.4, 0.5) is 26.3 Å². The lowest BCUT2D eigenvalue weighted by Gasteiger charge is -2.35. The maximum absolute atomic E-state index is 10.6. The summed E-state index contributed by atoms with van der Waals surface area (Å²) < 4.78 is 63.5. The van der Waals surface area contributed by atoms with E-state index in [1.165, 1.54) is 64.1 Å². The molecule has 14 heteroatoms. The molecule has 1 saturated heterocycles. The van der Waals surface area contributed by atoms with Gasteiger partial charge < -0.3 is 20.1 Å². The number of aliphatic carboxylic acids is 2. The van der Waals surface area contributed by atoms with Crippen molar-refractivity contribution in [2.24, 2.45) is 5.92 Å². The fourth-order valence-corrected chi connectivity index (χ4v) is 4.11. The van der Waals surface area contributed by atoms with Gasteiger partial charge in [0, 0.05) is 56.7 Å². The number of aromatic nitrogens is 2. The van der Waals surface area contributed by atoms with Gasteiger partial charge in [0.25, 0.3) is 0 Å². The highest BCUT2D eigenvalue weighted by Crippen LogP contribution is 2.26. The normalized spacial score (nSPS) is 17.2. The van der Waals surface area contributed by atoms with Crippen molar-refractivity contribution >= 4 is 11.9 Å². The lowest BCUT2D eigenvalue weighted by atomic mass is 10.1. The number of piperazine rings is 1. The highest BCUT2D eigenvalue weighted by molar-refractivity contribution is 5.73. The SMILES string of the molecule is O=C(O)C(F)(F)F.O=C(O)C(F)(F)F.c1ccc(-c2ncc(CN3CCN(CC4CCCC4)CC3)[nH]2)cc1. The van der Waals surface area contributed by atoms with Gasteiger partial charge in [0.1, 0.15) is 5.82 Å². The van der Waals surface area contributed by atoms with Crippen LogP contribution in [0.15, 0.2) is 36.5 Å². The van der Waals surface area contributed by atoms with Crippen LogP contribution >= 0.6 is 0 Å². The third-order valence-corrected chi connectivity index (χ3v) is 6.01. The summed E-state index contributed by atoms with van der Waals surface area (Å²) in [7, 11) is 0. The van der Waals surface area contributed by atoms with Crippen molar-refractivity contribution in [2.45, 2.75) is 44.6 Å². The molecule has 0 radical (unpaired) electrons. The number of alkyl halides is 6. The van der Waals surface area contributed by atoms with Gasteiger partial charge in [0.05, 0.1) is 0 Å². The van der Waals surface area contributed by atoms with Crippen LogP contribution in [0.25, 0.3) is 11.4 Å². The molecule has 1 aromatic heterocycles. The summed E-state index contributed by atoms with van der Waals surface area (Å²) in [5, 5.41) is 14.2. The first-order valence-corrected chi connectivity index (χ1v) is 11.9. The standard InChI is InChI=1S/C20H28N4.2C2HF3O2/c1-2-8-18(9-3-1)20-21-14-19(22-20)16-24-12-10-23(11-13-24)15-17-6-4-5-7-17;2*3-2(4,5)1(6)7/h1-3,8-9,14,17H,4-7,10-13,15-16H2,(H,21,22);2*(H,6,7). The molecule has 0 amide bonds. The minimum absolute atomic E-state index is 0.970. The molecule has 2 aliphatic rings. The van der Waals surface area contributed by atoms with E-state index < -0.39 is 24.3 Å². The van der Waals surface area contributed by atoms with E-state index in [9.17, 15) is 26.3 Å². The average Bonchev–Trinajstić information content (AvgIpc) is 3.53. The molecule has 4 rings (SSSR count). The molecule has 2 heterocycles. The molecular formula is C24H30F6N4O4. The smallest absolute Gasteiger partial charge is 0.475 e. The first-order chi connectivity index (χ1) is 17.8. The van der Waals surface area contributed by atoms with Crippen molar-refractivity contribution in [1.29, 1.82) is 0 Å². The molecule has 38 heavy (non-hydrogen) atoms. The summed E-state index contributed by atoms with van der Waals surface area (Å²) in [5.41, 5.74) is 2.38. The summed E-state index contributed by atoms with van der Waals surface area (Å²) in [6.45, 7) is 7.10. The molecule has 1 aliphatic heterocycles. The zero-order valence-electron chi connectivity index (χ0n) is 20.4. The zero-order chi connectivity index (χ0) is 28.3. The minimum Gasteiger partial charge on any atom is -0.475 e. The van der Waals surface area contributed by atoms with Crippen LogP contribution in [0.5, 0.6) is 0 Å². The molecule has 0 bridgehead atoms. The molecule has 1 aliphatic carbocycles. The van der Waals surface area contributed by atoms with Gasteiger partial charge in [-0.25, -0.2) is 14.6 Å². The topological polar surface area (TPSA) is 110 Å². The lowest BCUT2D eigenvalue weighted by molar-refractivity contribution is -0.193. The monoisotopic (exact) mass is 552 g/mol. The predicted molar refractivity (Wildman–Crippen MR) is 125 cm³/mol. The van der Waals surface area contributed by atoms with Gasteiger partial charge in [0.15, 0.2) is 0 Å². The Morgan fingerprint density at radius 1 is 0.868 bits per heavy atom. The summed E-state index contributed by atoms with van der Waals surface area (Å²) >= 11 is 0. The van der Waals surface area contributed by atoms with E-state index >= 15 is 0 Å². The van der Waals surface area contributed by atoms with Crippen molar-refractivity contribution in [2.75, 3.05) is 32.7 Å². The van der Waals surface area contributed by atoms with E-state index in [1.807, 2.05) is 12.3 Å². The molecule has 8 nitrogen and oxygen atoms in total. The number of hydrogen-bond acceptors (Lipinski definition) is 5. The van der Waals surface area contributed by atoms with Gasteiger partial charge in [-0.3, -0.25) is 4.90 Å². The van der Waals surface area contributed by atoms with E-state index in [4.69, 9.17) is 19.8 Å². The number of benzene rings is 1. The Morgan fingerprint density at radius 3 is 1.82 bits per heavy atom. The number of carboxylic acid groups (broad SMARTS) is 2. The average molecular weight is 553 g/mol. The number of carbonyl (C=O) groups is 2. The van der Waals surface area contributed by atoms with Crippen LogP contribution in [-0.4, -0.2) is 87.0 Å². The zero-order valence-corrected chi connectivity index (χ0v) is 20.4. The van der Waals surface area contributed by atoms with Gasteiger partial charge >= 0.3 is 24.3 Å². The Morgan fingerprint density at radius 2 is 1.34 bits per heavy atom. The minimum atomic E-state index is -5.08. The summed E-state index contributed by atoms with van der Waals surface area (Å²) in [6.07, 6.45) is -2.36. The van der Waals surface area contributed by atoms with Crippen molar-refractivity contribution in [3.8, 4) is 11.4 Å². The molecule has 0 atom stereocenters. The van der Waals surface area contributed by atoms with Crippen LogP contribution in [0.1, 0.15) is 31.4 Å². The van der Waals surface area contributed by atoms with Crippen LogP contribution in [0, 0.1) is 5.92 Å². The van der Waals surface area contributed by atoms with E-state index in [2.05, 4.69) is 44.0 Å². The number of nitrogens with zero attached hydrogens (tertiary/aromatic N) is 3. The molecule has 2 aromatic rings. The molecule has 3 N–H and O–H groups in total. The van der Waals surface area contributed by atoms with Crippen molar-refractivity contribution in [1.82, 2.24) is 19.8 Å². The molecule has 2 fully saturated rings. The van der Waals surface area contributed by atoms with Gasteiger partial charge in [-0.2, -0.15) is 26.3 Å². The third-order valence-electron chi connectivity index (χ3n) is 6.01. The van der Waals surface area contributed by atoms with E-state index in [0.717, 1.165) is 23.9 Å². The summed E-state index contributed by atoms with van der Waals surface area (Å²) in [6, 6.07) is 10.4. The Hall–Kier alpha value is -3.13. The predicted octanol–water partition coefficient (Wildman–Crippen LogP) is 4.65. The second-order valence-corrected chi connectivity index (χ2v) is 8.96. The van der Waals surface area contributed by atoms with Crippen molar-refractivity contribution in [3.05, 3.63) is 42.2 Å². The maximum atomic E-state index is 10.6. The molecule has 1 aromatic carbocycles. The van der Waals surface area contributed by atoms with Crippen molar-refractivity contribution in [3.63, 3.8) is 0 Å². The Labute approximate surface area is 215 Å². The Balaban J connectivity index is 0.000000301. The van der Waals surface area contributed by atoms with Crippen molar-refractivity contribution < 1.29 is 46.1 Å². The van der Waals surface area contributed by atoms with E-state index in [1.54, 1.807) is 0 Å². The number of halogens is 6. The highest BCUT2D eigenvalue weighted by Gasteiger charge is 2.38. The van der Waals surface area contributed by atoms with Gasteiger partial charge in [0.2, 0.25) is 0 Å². The number of imidazole rings is 1. The van der Waals surface area contributed by atoms with E-state index in [-0.39, 0.29) is 0 Å². The highest BCUT2D eigenvalue weighted by atomic mass is 19.4. The number of hydrogen-bond donors (Lipinski definition) is 3. The Kier molecular flexibility index (Phi) is 11.6. The first-order valence-electron chi connectivity index (χ1n) is 11.9. The number of rotatable bonds is 5. The van der Waals surface area contributed by atoms with Crippen LogP contribution in [0.3, 0.4) is 0 Å². The maximum Gasteiger partial charge on any atom is 0.490 e. The number of aromatic amines is 1. The number of H-pyrrole nitrogens is 1. The van der Waals surface area contributed by atoms with Crippen LogP contribution in [-0.2, 0) is 16.1 Å². The first kappa shape index (κ1) is 31.1. The largest absolute Gasteiger partial charge is 0.490 e. The molecule has 0 unspecified atom stereocenters. The molecular weight excluding hydrogens is 522 g/mol. The fourth-order valence-electron chi connectivity index (χ4n) is 4.11. The van der Waals surface area contributed by atoms with Crippen LogP contribution in [0.2, 0.25) is 0 Å². The van der Waals surface area contributed by atoms with E-state index in [0.29, 0.717) is 0 Å². The number of nitrogens with one attached hydrogen (secondary N) is 1. The molecule has 1 saturated carbocycles. The second-order valence-electron chi connectivity index (χ2n) is 8.96. The second kappa shape index (κ2) is 14.1. The quantitative estimate of drug-likeness (QED) is 0.464. The number of carboxylic acids is 2. The molecule has 212 valence electrons. The lowest BCUT2D eigenvalue weighted by Crippen LogP contribution is -2.47. The van der Waals surface area contributed by atoms with Crippen LogP contribution < -0.4 is 0 Å². The van der Waals surface area contributed by atoms with Gasteiger partial charge in [-0.15, -0.1) is 0 Å². The van der Waals surface area contributed by atoms with Gasteiger partial charge in [-0.1, -0.05) is 43.2 Å². The Bertz CT molecular complexity index is 975. The molecule has 0 spiro atoms. The van der Waals surface area contributed by atoms with Gasteiger partial charge in [-0.05, 0) is 18.8 Å².